The molecule has 1 N–H and O–H groups in total. The number of rotatable bonds is 5. The molecule has 1 aliphatic carbocycles. The fourth-order valence-corrected chi connectivity index (χ4v) is 4.86. The van der Waals surface area contributed by atoms with E-state index in [4.69, 9.17) is 9.97 Å². The molecule has 5 nitrogen and oxygen atoms in total. The van der Waals surface area contributed by atoms with Crippen LogP contribution in [0.1, 0.15) is 49.9 Å². The number of piperazine rings is 1. The Hall–Kier alpha value is -1.56. The van der Waals surface area contributed by atoms with Crippen LogP contribution in [0.5, 0.6) is 0 Å². The van der Waals surface area contributed by atoms with E-state index in [-0.39, 0.29) is 6.61 Å². The van der Waals surface area contributed by atoms with Crippen LogP contribution in [0.3, 0.4) is 0 Å². The van der Waals surface area contributed by atoms with Gasteiger partial charge in [0.2, 0.25) is 0 Å². The molecule has 0 radical (unpaired) electrons. The summed E-state index contributed by atoms with van der Waals surface area (Å²) in [5.74, 6) is 0. The molecule has 0 amide bonds. The fourth-order valence-electron chi connectivity index (χ4n) is 4.86. The van der Waals surface area contributed by atoms with E-state index in [2.05, 4.69) is 16.7 Å². The normalized spacial score (nSPS) is 23.1. The van der Waals surface area contributed by atoms with Crippen LogP contribution in [0.15, 0.2) is 24.3 Å². The molecule has 1 saturated heterocycles. The van der Waals surface area contributed by atoms with E-state index < -0.39 is 0 Å². The first kappa shape index (κ1) is 18.8. The van der Waals surface area contributed by atoms with E-state index in [1.807, 2.05) is 24.3 Å². The SMILES string of the molecule is Cc1nc2ccccc2nc1CN1CCN(C2CCCCC2)[C@@H](CCO)C1. The van der Waals surface area contributed by atoms with Crippen molar-refractivity contribution in [1.82, 2.24) is 19.8 Å². The van der Waals surface area contributed by atoms with Gasteiger partial charge < -0.3 is 5.11 Å². The lowest BCUT2D eigenvalue weighted by Crippen LogP contribution is -2.56. The highest BCUT2D eigenvalue weighted by Gasteiger charge is 2.32. The topological polar surface area (TPSA) is 52.5 Å². The van der Waals surface area contributed by atoms with E-state index in [9.17, 15) is 5.11 Å². The molecular weight excluding hydrogens is 336 g/mol. The van der Waals surface area contributed by atoms with Gasteiger partial charge in [-0.3, -0.25) is 9.80 Å². The monoisotopic (exact) mass is 368 g/mol. The summed E-state index contributed by atoms with van der Waals surface area (Å²) in [7, 11) is 0. The first-order chi connectivity index (χ1) is 13.2. The van der Waals surface area contributed by atoms with Crippen molar-refractivity contribution < 1.29 is 5.11 Å². The highest BCUT2D eigenvalue weighted by atomic mass is 16.3. The number of aliphatic hydroxyl groups is 1. The molecule has 27 heavy (non-hydrogen) atoms. The summed E-state index contributed by atoms with van der Waals surface area (Å²) >= 11 is 0. The van der Waals surface area contributed by atoms with Crippen molar-refractivity contribution in [3.8, 4) is 0 Å². The van der Waals surface area contributed by atoms with Crippen molar-refractivity contribution in [3.63, 3.8) is 0 Å². The van der Waals surface area contributed by atoms with Gasteiger partial charge in [-0.2, -0.15) is 0 Å². The van der Waals surface area contributed by atoms with E-state index in [1.54, 1.807) is 0 Å². The minimum atomic E-state index is 0.274. The zero-order valence-electron chi connectivity index (χ0n) is 16.5. The van der Waals surface area contributed by atoms with Crippen molar-refractivity contribution in [2.75, 3.05) is 26.2 Å². The fraction of sp³-hybridized carbons (Fsp3) is 0.636. The van der Waals surface area contributed by atoms with Gasteiger partial charge in [0.1, 0.15) is 0 Å². The third kappa shape index (κ3) is 4.31. The Morgan fingerprint density at radius 1 is 1.04 bits per heavy atom. The minimum Gasteiger partial charge on any atom is -0.396 e. The smallest absolute Gasteiger partial charge is 0.0890 e. The second kappa shape index (κ2) is 8.63. The van der Waals surface area contributed by atoms with E-state index in [0.717, 1.165) is 61.1 Å². The average molecular weight is 369 g/mol. The van der Waals surface area contributed by atoms with Crippen LogP contribution in [-0.4, -0.2) is 63.2 Å². The average Bonchev–Trinajstić information content (AvgIpc) is 2.70. The lowest BCUT2D eigenvalue weighted by molar-refractivity contribution is 0.0132. The van der Waals surface area contributed by atoms with Crippen LogP contribution < -0.4 is 0 Å². The molecule has 146 valence electrons. The summed E-state index contributed by atoms with van der Waals surface area (Å²) < 4.78 is 0. The number of hydrogen-bond acceptors (Lipinski definition) is 5. The number of fused-ring (bicyclic) bond motifs is 1. The number of para-hydroxylation sites is 2. The zero-order valence-corrected chi connectivity index (χ0v) is 16.5. The predicted molar refractivity (Wildman–Crippen MR) is 109 cm³/mol. The summed E-state index contributed by atoms with van der Waals surface area (Å²) in [5.41, 5.74) is 4.06. The highest BCUT2D eigenvalue weighted by Crippen LogP contribution is 2.27. The van der Waals surface area contributed by atoms with Crippen molar-refractivity contribution in [2.45, 2.75) is 64.1 Å². The van der Waals surface area contributed by atoms with Crippen molar-refractivity contribution in [1.29, 1.82) is 0 Å². The van der Waals surface area contributed by atoms with Gasteiger partial charge in [0.25, 0.3) is 0 Å². The van der Waals surface area contributed by atoms with Crippen LogP contribution in [0.25, 0.3) is 11.0 Å². The quantitative estimate of drug-likeness (QED) is 0.879. The number of nitrogens with zero attached hydrogens (tertiary/aromatic N) is 4. The minimum absolute atomic E-state index is 0.274. The van der Waals surface area contributed by atoms with Crippen molar-refractivity contribution in [2.24, 2.45) is 0 Å². The molecule has 2 aromatic rings. The molecular formula is C22H32N4O. The Labute approximate surface area is 162 Å². The van der Waals surface area contributed by atoms with Gasteiger partial charge in [0, 0.05) is 44.9 Å². The Balaban J connectivity index is 1.46. The lowest BCUT2D eigenvalue weighted by Gasteiger charge is -2.46. The predicted octanol–water partition coefficient (Wildman–Crippen LogP) is 3.14. The molecule has 1 atom stereocenters. The van der Waals surface area contributed by atoms with Crippen LogP contribution >= 0.6 is 0 Å². The Morgan fingerprint density at radius 2 is 1.78 bits per heavy atom. The molecule has 0 bridgehead atoms. The first-order valence-corrected chi connectivity index (χ1v) is 10.6. The maximum absolute atomic E-state index is 9.61. The summed E-state index contributed by atoms with van der Waals surface area (Å²) in [4.78, 5) is 14.8. The zero-order chi connectivity index (χ0) is 18.6. The molecule has 1 aromatic carbocycles. The van der Waals surface area contributed by atoms with E-state index >= 15 is 0 Å². The molecule has 2 aliphatic rings. The van der Waals surface area contributed by atoms with E-state index in [0.29, 0.717) is 6.04 Å². The maximum atomic E-state index is 9.61. The molecule has 1 aromatic heterocycles. The Bertz CT molecular complexity index is 759. The van der Waals surface area contributed by atoms with Gasteiger partial charge in [-0.1, -0.05) is 31.4 Å². The van der Waals surface area contributed by atoms with Crippen LogP contribution in [-0.2, 0) is 6.54 Å². The van der Waals surface area contributed by atoms with Gasteiger partial charge in [-0.15, -0.1) is 0 Å². The van der Waals surface area contributed by atoms with Gasteiger partial charge >= 0.3 is 0 Å². The number of hydrogen-bond donors (Lipinski definition) is 1. The maximum Gasteiger partial charge on any atom is 0.0890 e. The third-order valence-corrected chi connectivity index (χ3v) is 6.33. The summed E-state index contributed by atoms with van der Waals surface area (Å²) in [6.45, 7) is 6.39. The lowest BCUT2D eigenvalue weighted by atomic mass is 9.92. The van der Waals surface area contributed by atoms with E-state index in [1.165, 1.54) is 32.1 Å². The van der Waals surface area contributed by atoms with Gasteiger partial charge in [0.15, 0.2) is 0 Å². The second-order valence-corrected chi connectivity index (χ2v) is 8.18. The van der Waals surface area contributed by atoms with Gasteiger partial charge in [-0.05, 0) is 38.3 Å². The second-order valence-electron chi connectivity index (χ2n) is 8.18. The number of aliphatic hydroxyl groups excluding tert-OH is 1. The molecule has 0 unspecified atom stereocenters. The van der Waals surface area contributed by atoms with Gasteiger partial charge in [0.05, 0.1) is 22.4 Å². The standard InChI is InChI=1S/C22H32N4O/c1-17-22(24-21-10-6-5-9-20(21)23-17)16-25-12-13-26(19(15-25)11-14-27)18-7-3-2-4-8-18/h5-6,9-10,18-19,27H,2-4,7-8,11-16H2,1H3/t19-/m0/s1. The van der Waals surface area contributed by atoms with Crippen molar-refractivity contribution >= 4 is 11.0 Å². The molecule has 5 heteroatoms. The Morgan fingerprint density at radius 3 is 2.52 bits per heavy atom. The first-order valence-electron chi connectivity index (χ1n) is 10.6. The summed E-state index contributed by atoms with van der Waals surface area (Å²) in [5, 5.41) is 9.61. The van der Waals surface area contributed by atoms with Crippen LogP contribution in [0.4, 0.5) is 0 Å². The molecule has 0 spiro atoms. The summed E-state index contributed by atoms with van der Waals surface area (Å²) in [6.07, 6.45) is 7.65. The number of aryl methyl sites for hydroxylation is 1. The molecule has 1 saturated carbocycles. The van der Waals surface area contributed by atoms with Gasteiger partial charge in [-0.25, -0.2) is 9.97 Å². The Kier molecular flexibility index (Phi) is 6.01. The van der Waals surface area contributed by atoms with Crippen molar-refractivity contribution in [3.05, 3.63) is 35.7 Å². The number of benzene rings is 1. The molecule has 1 aliphatic heterocycles. The summed E-state index contributed by atoms with van der Waals surface area (Å²) in [6, 6.07) is 9.29. The third-order valence-electron chi connectivity index (χ3n) is 6.33. The molecule has 2 heterocycles. The van der Waals surface area contributed by atoms with Crippen LogP contribution in [0, 0.1) is 6.92 Å². The molecule has 2 fully saturated rings. The number of aromatic nitrogens is 2. The van der Waals surface area contributed by atoms with Crippen LogP contribution in [0.2, 0.25) is 0 Å². The molecule has 4 rings (SSSR count). The largest absolute Gasteiger partial charge is 0.396 e. The highest BCUT2D eigenvalue weighted by molar-refractivity contribution is 5.74.